The summed E-state index contributed by atoms with van der Waals surface area (Å²) in [6.45, 7) is 15.7. The fourth-order valence-electron chi connectivity index (χ4n) is 4.35. The first-order valence-corrected chi connectivity index (χ1v) is 8.89. The van der Waals surface area contributed by atoms with E-state index in [9.17, 15) is 0 Å². The summed E-state index contributed by atoms with van der Waals surface area (Å²) in [6.07, 6.45) is 6.98. The van der Waals surface area contributed by atoms with Crippen molar-refractivity contribution in [3.8, 4) is 0 Å². The van der Waals surface area contributed by atoms with Gasteiger partial charge in [0.2, 0.25) is 0 Å². The van der Waals surface area contributed by atoms with Gasteiger partial charge in [-0.2, -0.15) is 0 Å². The van der Waals surface area contributed by atoms with Crippen molar-refractivity contribution in [2.45, 2.75) is 78.8 Å². The standard InChI is InChI=1S/C18H36N2/c1-6-19-16-8-7-14(2)13-17(16)20-11-9-15(10-12-20)18(3,4)5/h14-17,19H,6-13H2,1-5H3. The molecule has 1 aliphatic heterocycles. The number of likely N-dealkylation sites (N-methyl/N-ethyl adjacent to an activating group) is 1. The molecule has 3 unspecified atom stereocenters. The molecular weight excluding hydrogens is 244 g/mol. The highest BCUT2D eigenvalue weighted by Gasteiger charge is 2.36. The Morgan fingerprint density at radius 2 is 1.70 bits per heavy atom. The van der Waals surface area contributed by atoms with Gasteiger partial charge in [-0.15, -0.1) is 0 Å². The summed E-state index contributed by atoms with van der Waals surface area (Å²) >= 11 is 0. The third-order valence-corrected chi connectivity index (χ3v) is 5.77. The molecule has 0 spiro atoms. The maximum atomic E-state index is 3.75. The van der Waals surface area contributed by atoms with Gasteiger partial charge in [0, 0.05) is 12.1 Å². The Kier molecular flexibility index (Phi) is 5.53. The SMILES string of the molecule is CCNC1CCC(C)CC1N1CCC(C(C)(C)C)CC1. The second-order valence-corrected chi connectivity index (χ2v) is 8.33. The molecule has 0 aromatic rings. The molecule has 1 saturated carbocycles. The average molecular weight is 281 g/mol. The van der Waals surface area contributed by atoms with Gasteiger partial charge in [0.05, 0.1) is 0 Å². The quantitative estimate of drug-likeness (QED) is 0.843. The van der Waals surface area contributed by atoms with E-state index in [0.717, 1.165) is 30.5 Å². The van der Waals surface area contributed by atoms with Gasteiger partial charge in [0.15, 0.2) is 0 Å². The van der Waals surface area contributed by atoms with Crippen molar-refractivity contribution in [3.63, 3.8) is 0 Å². The number of likely N-dealkylation sites (tertiary alicyclic amines) is 1. The van der Waals surface area contributed by atoms with E-state index in [1.807, 2.05) is 0 Å². The predicted molar refractivity (Wildman–Crippen MR) is 88.0 cm³/mol. The molecular formula is C18H36N2. The lowest BCUT2D eigenvalue weighted by Crippen LogP contribution is -2.55. The molecule has 2 nitrogen and oxygen atoms in total. The summed E-state index contributed by atoms with van der Waals surface area (Å²) in [5, 5.41) is 3.75. The smallest absolute Gasteiger partial charge is 0.0251 e. The molecule has 0 bridgehead atoms. The molecule has 1 N–H and O–H groups in total. The highest BCUT2D eigenvalue weighted by molar-refractivity contribution is 4.92. The van der Waals surface area contributed by atoms with Crippen LogP contribution < -0.4 is 5.32 Å². The summed E-state index contributed by atoms with van der Waals surface area (Å²) in [6, 6.07) is 1.53. The van der Waals surface area contributed by atoms with Crippen LogP contribution in [0.2, 0.25) is 0 Å². The number of hydrogen-bond donors (Lipinski definition) is 1. The normalized spacial score (nSPS) is 34.4. The highest BCUT2D eigenvalue weighted by atomic mass is 15.2. The zero-order valence-electron chi connectivity index (χ0n) is 14.4. The Bertz CT molecular complexity index is 286. The van der Waals surface area contributed by atoms with E-state index < -0.39 is 0 Å². The van der Waals surface area contributed by atoms with Crippen LogP contribution in [0.1, 0.15) is 66.7 Å². The first-order chi connectivity index (χ1) is 9.41. The van der Waals surface area contributed by atoms with Crippen LogP contribution in [0.3, 0.4) is 0 Å². The minimum atomic E-state index is 0.493. The van der Waals surface area contributed by atoms with E-state index in [1.54, 1.807) is 0 Å². The van der Waals surface area contributed by atoms with Gasteiger partial charge < -0.3 is 5.32 Å². The van der Waals surface area contributed by atoms with Gasteiger partial charge in [-0.05, 0) is 69.0 Å². The highest BCUT2D eigenvalue weighted by Crippen LogP contribution is 2.37. The summed E-state index contributed by atoms with van der Waals surface area (Å²) in [7, 11) is 0. The lowest BCUT2D eigenvalue weighted by atomic mass is 9.74. The average Bonchev–Trinajstić information content (AvgIpc) is 2.40. The van der Waals surface area contributed by atoms with E-state index in [1.165, 1.54) is 45.2 Å². The van der Waals surface area contributed by atoms with Crippen LogP contribution in [0.15, 0.2) is 0 Å². The van der Waals surface area contributed by atoms with Gasteiger partial charge in [-0.25, -0.2) is 0 Å². The van der Waals surface area contributed by atoms with Gasteiger partial charge in [-0.3, -0.25) is 4.90 Å². The fourth-order valence-corrected chi connectivity index (χ4v) is 4.35. The molecule has 2 rings (SSSR count). The minimum absolute atomic E-state index is 0.493. The molecule has 0 aromatic heterocycles. The van der Waals surface area contributed by atoms with Crippen LogP contribution in [0, 0.1) is 17.3 Å². The third-order valence-electron chi connectivity index (χ3n) is 5.77. The molecule has 2 aliphatic rings. The summed E-state index contributed by atoms with van der Waals surface area (Å²) in [5.41, 5.74) is 0.493. The maximum absolute atomic E-state index is 3.75. The summed E-state index contributed by atoms with van der Waals surface area (Å²) in [5.74, 6) is 1.83. The van der Waals surface area contributed by atoms with Crippen molar-refractivity contribution < 1.29 is 0 Å². The molecule has 0 aromatic carbocycles. The Labute approximate surface area is 126 Å². The molecule has 0 amide bonds. The Morgan fingerprint density at radius 1 is 1.05 bits per heavy atom. The first-order valence-electron chi connectivity index (χ1n) is 8.89. The molecule has 20 heavy (non-hydrogen) atoms. The van der Waals surface area contributed by atoms with E-state index >= 15 is 0 Å². The monoisotopic (exact) mass is 280 g/mol. The van der Waals surface area contributed by atoms with Crippen molar-refractivity contribution in [1.29, 1.82) is 0 Å². The topological polar surface area (TPSA) is 15.3 Å². The largest absolute Gasteiger partial charge is 0.313 e. The summed E-state index contributed by atoms with van der Waals surface area (Å²) in [4.78, 5) is 2.81. The number of hydrogen-bond acceptors (Lipinski definition) is 2. The van der Waals surface area contributed by atoms with Crippen molar-refractivity contribution in [3.05, 3.63) is 0 Å². The zero-order valence-corrected chi connectivity index (χ0v) is 14.4. The van der Waals surface area contributed by atoms with Crippen LogP contribution in [0.5, 0.6) is 0 Å². The van der Waals surface area contributed by atoms with Crippen molar-refractivity contribution in [1.82, 2.24) is 10.2 Å². The molecule has 2 heteroatoms. The fraction of sp³-hybridized carbons (Fsp3) is 1.00. The number of rotatable bonds is 3. The molecule has 3 atom stereocenters. The number of nitrogens with one attached hydrogen (secondary N) is 1. The third kappa shape index (κ3) is 3.98. The van der Waals surface area contributed by atoms with Crippen LogP contribution >= 0.6 is 0 Å². The minimum Gasteiger partial charge on any atom is -0.313 e. The van der Waals surface area contributed by atoms with Crippen LogP contribution in [0.25, 0.3) is 0 Å². The van der Waals surface area contributed by atoms with E-state index in [0.29, 0.717) is 5.41 Å². The lowest BCUT2D eigenvalue weighted by molar-refractivity contribution is 0.0437. The van der Waals surface area contributed by atoms with Crippen LogP contribution in [-0.4, -0.2) is 36.6 Å². The molecule has 1 saturated heterocycles. The van der Waals surface area contributed by atoms with E-state index in [4.69, 9.17) is 0 Å². The molecule has 0 radical (unpaired) electrons. The van der Waals surface area contributed by atoms with Gasteiger partial charge in [0.1, 0.15) is 0 Å². The molecule has 1 heterocycles. The second-order valence-electron chi connectivity index (χ2n) is 8.33. The van der Waals surface area contributed by atoms with Crippen molar-refractivity contribution in [2.75, 3.05) is 19.6 Å². The summed E-state index contributed by atoms with van der Waals surface area (Å²) < 4.78 is 0. The van der Waals surface area contributed by atoms with Crippen LogP contribution in [0.4, 0.5) is 0 Å². The van der Waals surface area contributed by atoms with Gasteiger partial charge >= 0.3 is 0 Å². The maximum Gasteiger partial charge on any atom is 0.0251 e. The van der Waals surface area contributed by atoms with Crippen molar-refractivity contribution in [2.24, 2.45) is 17.3 Å². The molecule has 118 valence electrons. The first kappa shape index (κ1) is 16.3. The molecule has 2 fully saturated rings. The molecule has 1 aliphatic carbocycles. The van der Waals surface area contributed by atoms with Gasteiger partial charge in [-0.1, -0.05) is 34.6 Å². The van der Waals surface area contributed by atoms with E-state index in [2.05, 4.69) is 44.8 Å². The van der Waals surface area contributed by atoms with Crippen molar-refractivity contribution >= 4 is 0 Å². The predicted octanol–water partition coefficient (Wildman–Crippen LogP) is 3.91. The number of nitrogens with zero attached hydrogens (tertiary/aromatic N) is 1. The second kappa shape index (κ2) is 6.79. The van der Waals surface area contributed by atoms with E-state index in [-0.39, 0.29) is 0 Å². The van der Waals surface area contributed by atoms with Crippen LogP contribution in [-0.2, 0) is 0 Å². The Hall–Kier alpha value is -0.0800. The van der Waals surface area contributed by atoms with Gasteiger partial charge in [0.25, 0.3) is 0 Å². The Balaban J connectivity index is 1.93. The number of piperidine rings is 1. The lowest BCUT2D eigenvalue weighted by Gasteiger charge is -2.47. The Morgan fingerprint density at radius 3 is 2.25 bits per heavy atom. The zero-order chi connectivity index (χ0) is 14.8.